The smallest absolute Gasteiger partial charge is 0.337 e. The maximum atomic E-state index is 11.9. The van der Waals surface area contributed by atoms with E-state index in [-0.39, 0.29) is 27.7 Å². The molecule has 9 heteroatoms. The van der Waals surface area contributed by atoms with Crippen LogP contribution in [0.5, 0.6) is 0 Å². The summed E-state index contributed by atoms with van der Waals surface area (Å²) in [6.45, 7) is 2.37. The molecule has 1 aromatic carbocycles. The van der Waals surface area contributed by atoms with Gasteiger partial charge in [-0.15, -0.1) is 11.3 Å². The number of aromatic carboxylic acids is 1. The molecule has 168 valence electrons. The Hall–Kier alpha value is -2.61. The topological polar surface area (TPSA) is 92.4 Å². The van der Waals surface area contributed by atoms with Crippen LogP contribution >= 0.6 is 34.5 Å². The molecule has 0 radical (unpaired) electrons. The second-order valence-corrected chi connectivity index (χ2v) is 9.10. The lowest BCUT2D eigenvalue weighted by molar-refractivity contribution is -0.132. The van der Waals surface area contributed by atoms with Crippen molar-refractivity contribution in [2.45, 2.75) is 39.2 Å². The van der Waals surface area contributed by atoms with E-state index in [1.165, 1.54) is 23.5 Å². The number of hydrogen-bond acceptors (Lipinski definition) is 4. The molecule has 0 spiro atoms. The van der Waals surface area contributed by atoms with Gasteiger partial charge in [0.05, 0.1) is 29.0 Å². The Bertz CT molecular complexity index is 1150. The molecule has 3 aromatic rings. The van der Waals surface area contributed by atoms with Crippen molar-refractivity contribution in [3.8, 4) is 0 Å². The van der Waals surface area contributed by atoms with Crippen LogP contribution in [0.4, 0.5) is 0 Å². The number of benzene rings is 1. The predicted molar refractivity (Wildman–Crippen MR) is 127 cm³/mol. The fourth-order valence-corrected chi connectivity index (χ4v) is 4.49. The van der Waals surface area contributed by atoms with E-state index in [4.69, 9.17) is 23.2 Å². The molecular formula is C23H22Cl2N2O4S. The minimum Gasteiger partial charge on any atom is -0.478 e. The van der Waals surface area contributed by atoms with Gasteiger partial charge in [0.25, 0.3) is 0 Å². The summed E-state index contributed by atoms with van der Waals surface area (Å²) in [7, 11) is 0. The number of nitrogens with zero attached hydrogens (tertiary/aromatic N) is 2. The lowest BCUT2D eigenvalue weighted by Crippen LogP contribution is -2.10. The summed E-state index contributed by atoms with van der Waals surface area (Å²) in [6, 6.07) is 6.66. The van der Waals surface area contributed by atoms with Gasteiger partial charge in [0, 0.05) is 28.3 Å². The largest absolute Gasteiger partial charge is 0.478 e. The van der Waals surface area contributed by atoms with E-state index >= 15 is 0 Å². The van der Waals surface area contributed by atoms with Crippen LogP contribution in [0.15, 0.2) is 41.4 Å². The van der Waals surface area contributed by atoms with E-state index < -0.39 is 11.9 Å². The van der Waals surface area contributed by atoms with Gasteiger partial charge in [0.2, 0.25) is 0 Å². The Kier molecular flexibility index (Phi) is 8.12. The van der Waals surface area contributed by atoms with Crippen molar-refractivity contribution < 1.29 is 19.8 Å². The Labute approximate surface area is 199 Å². The van der Waals surface area contributed by atoms with E-state index in [0.29, 0.717) is 17.7 Å². The third kappa shape index (κ3) is 5.79. The molecule has 32 heavy (non-hydrogen) atoms. The van der Waals surface area contributed by atoms with Gasteiger partial charge in [0.1, 0.15) is 5.82 Å². The van der Waals surface area contributed by atoms with Crippen LogP contribution in [0.3, 0.4) is 0 Å². The van der Waals surface area contributed by atoms with Crippen molar-refractivity contribution in [2.24, 2.45) is 0 Å². The Morgan fingerprint density at radius 2 is 2.00 bits per heavy atom. The molecule has 2 N–H and O–H groups in total. The van der Waals surface area contributed by atoms with E-state index in [9.17, 15) is 19.8 Å². The number of halogens is 2. The van der Waals surface area contributed by atoms with E-state index in [1.807, 2.05) is 22.1 Å². The molecule has 3 rings (SSSR count). The zero-order valence-electron chi connectivity index (χ0n) is 17.3. The van der Waals surface area contributed by atoms with Crippen molar-refractivity contribution in [1.29, 1.82) is 0 Å². The Morgan fingerprint density at radius 1 is 1.22 bits per heavy atom. The highest BCUT2D eigenvalue weighted by Gasteiger charge is 2.17. The number of aromatic nitrogens is 2. The highest BCUT2D eigenvalue weighted by molar-refractivity contribution is 7.09. The number of hydrogen-bond donors (Lipinski definition) is 2. The van der Waals surface area contributed by atoms with Crippen molar-refractivity contribution in [2.75, 3.05) is 0 Å². The molecule has 0 aliphatic heterocycles. The van der Waals surface area contributed by atoms with Gasteiger partial charge in [-0.25, -0.2) is 14.6 Å². The van der Waals surface area contributed by atoms with Gasteiger partial charge >= 0.3 is 11.9 Å². The van der Waals surface area contributed by atoms with E-state index in [0.717, 1.165) is 30.0 Å². The molecule has 0 fully saturated rings. The van der Waals surface area contributed by atoms with Gasteiger partial charge in [-0.2, -0.15) is 0 Å². The van der Waals surface area contributed by atoms with Crippen LogP contribution in [0.1, 0.15) is 52.1 Å². The lowest BCUT2D eigenvalue weighted by atomic mass is 10.1. The lowest BCUT2D eigenvalue weighted by Gasteiger charge is -2.14. The van der Waals surface area contributed by atoms with Crippen molar-refractivity contribution in [3.63, 3.8) is 0 Å². The summed E-state index contributed by atoms with van der Waals surface area (Å²) >= 11 is 14.0. The number of carbonyl (C=O) groups is 2. The molecule has 2 heterocycles. The normalized spacial score (nSPS) is 11.7. The van der Waals surface area contributed by atoms with Crippen LogP contribution in [-0.4, -0.2) is 31.7 Å². The number of imidazole rings is 1. The zero-order valence-corrected chi connectivity index (χ0v) is 19.7. The first-order chi connectivity index (χ1) is 15.3. The Morgan fingerprint density at radius 3 is 2.62 bits per heavy atom. The summed E-state index contributed by atoms with van der Waals surface area (Å²) in [6.07, 6.45) is 6.22. The molecular weight excluding hydrogens is 471 g/mol. The average molecular weight is 493 g/mol. The number of aliphatic carboxylic acids is 1. The maximum Gasteiger partial charge on any atom is 0.337 e. The number of aryl methyl sites for hydroxylation is 1. The summed E-state index contributed by atoms with van der Waals surface area (Å²) in [4.78, 5) is 28.7. The van der Waals surface area contributed by atoms with Crippen LogP contribution in [0, 0.1) is 0 Å². The van der Waals surface area contributed by atoms with E-state index in [2.05, 4.69) is 11.9 Å². The third-order valence-corrected chi connectivity index (χ3v) is 6.50. The Balaban J connectivity index is 2.02. The van der Waals surface area contributed by atoms with Crippen LogP contribution in [-0.2, 0) is 24.2 Å². The van der Waals surface area contributed by atoms with E-state index in [1.54, 1.807) is 12.3 Å². The van der Waals surface area contributed by atoms with Crippen LogP contribution < -0.4 is 0 Å². The highest BCUT2D eigenvalue weighted by atomic mass is 35.5. The van der Waals surface area contributed by atoms with Gasteiger partial charge in [0.15, 0.2) is 0 Å². The van der Waals surface area contributed by atoms with Crippen molar-refractivity contribution in [3.05, 3.63) is 79.0 Å². The first-order valence-corrected chi connectivity index (χ1v) is 11.7. The average Bonchev–Trinajstić information content (AvgIpc) is 3.38. The van der Waals surface area contributed by atoms with Gasteiger partial charge in [-0.3, -0.25) is 0 Å². The number of carboxylic acid groups (broad SMARTS) is 2. The van der Waals surface area contributed by atoms with Crippen molar-refractivity contribution >= 4 is 52.6 Å². The molecule has 2 aromatic heterocycles. The van der Waals surface area contributed by atoms with Crippen LogP contribution in [0.25, 0.3) is 6.08 Å². The number of unbranched alkanes of at least 4 members (excludes halogenated alkanes) is 1. The van der Waals surface area contributed by atoms with Gasteiger partial charge < -0.3 is 14.8 Å². The molecule has 0 aliphatic rings. The SMILES string of the molecule is CCCCc1ncc(/C=C(\Cc2cccs2)C(=O)O)n1Cc1cc(Cl)c(C(=O)O)cc1Cl. The molecule has 0 unspecified atom stereocenters. The summed E-state index contributed by atoms with van der Waals surface area (Å²) in [5.74, 6) is -1.35. The quantitative estimate of drug-likeness (QED) is 0.336. The minimum absolute atomic E-state index is 0.0681. The monoisotopic (exact) mass is 492 g/mol. The first kappa shape index (κ1) is 24.0. The molecule has 0 amide bonds. The standard InChI is InChI=1S/C23H22Cl2N2O4S/c1-2-3-6-21-26-12-16(8-14(22(28)29)9-17-5-4-7-32-17)27(21)13-15-10-20(25)18(23(30)31)11-19(15)24/h4-5,7-8,10-12H,2-3,6,9,13H2,1H3,(H,28,29)(H,30,31)/b14-8+. The summed E-state index contributed by atoms with van der Waals surface area (Å²) < 4.78 is 1.91. The fraction of sp³-hybridized carbons (Fsp3) is 0.261. The summed E-state index contributed by atoms with van der Waals surface area (Å²) in [5.41, 5.74) is 1.45. The summed E-state index contributed by atoms with van der Waals surface area (Å²) in [5, 5.41) is 21.3. The number of thiophene rings is 1. The molecule has 0 atom stereocenters. The minimum atomic E-state index is -1.15. The molecule has 0 saturated heterocycles. The predicted octanol–water partition coefficient (Wildman–Crippen LogP) is 6.05. The van der Waals surface area contributed by atoms with Crippen LogP contribution in [0.2, 0.25) is 10.0 Å². The maximum absolute atomic E-state index is 11.9. The number of carboxylic acids is 2. The molecule has 6 nitrogen and oxygen atoms in total. The second-order valence-electron chi connectivity index (χ2n) is 7.25. The fourth-order valence-electron chi connectivity index (χ4n) is 3.27. The number of rotatable bonds is 10. The third-order valence-electron chi connectivity index (χ3n) is 4.96. The molecule has 0 saturated carbocycles. The van der Waals surface area contributed by atoms with Gasteiger partial charge in [-0.05, 0) is 41.6 Å². The molecule has 0 aliphatic carbocycles. The molecule has 0 bridgehead atoms. The second kappa shape index (κ2) is 10.8. The zero-order chi connectivity index (χ0) is 23.3. The van der Waals surface area contributed by atoms with Crippen molar-refractivity contribution in [1.82, 2.24) is 9.55 Å². The van der Waals surface area contributed by atoms with Gasteiger partial charge in [-0.1, -0.05) is 42.6 Å². The highest BCUT2D eigenvalue weighted by Crippen LogP contribution is 2.28. The first-order valence-electron chi connectivity index (χ1n) is 10.0.